The number of carbonyl (C=O) groups excluding carboxylic acids is 2. The van der Waals surface area contributed by atoms with Crippen LogP contribution in [0.15, 0.2) is 6.20 Å². The molecule has 1 aromatic rings. The highest BCUT2D eigenvalue weighted by molar-refractivity contribution is 6.99. The number of rotatable bonds is 3. The molecule has 0 bridgehead atoms. The maximum Gasteiger partial charge on any atom is 0.325 e. The summed E-state index contributed by atoms with van der Waals surface area (Å²) in [7, 11) is 1.25. The molecular weight excluding hydrogens is 194 g/mol. The van der Waals surface area contributed by atoms with Gasteiger partial charge in [0.1, 0.15) is 6.54 Å². The molecule has 0 aromatic carbocycles. The van der Waals surface area contributed by atoms with Crippen LogP contribution in [0.5, 0.6) is 0 Å². The van der Waals surface area contributed by atoms with Gasteiger partial charge in [-0.1, -0.05) is 0 Å². The number of hydrogen-bond acceptors (Lipinski definition) is 6. The number of carbonyl (C=O) groups is 2. The van der Waals surface area contributed by atoms with E-state index < -0.39 is 11.9 Å². The molecule has 70 valence electrons. The normalized spacial score (nSPS) is 9.31. The van der Waals surface area contributed by atoms with Gasteiger partial charge >= 0.3 is 5.97 Å². The van der Waals surface area contributed by atoms with Crippen molar-refractivity contribution in [3.05, 3.63) is 11.9 Å². The predicted molar refractivity (Wildman–Crippen MR) is 44.3 cm³/mol. The Morgan fingerprint density at radius 2 is 2.46 bits per heavy atom. The number of aromatic nitrogens is 2. The van der Waals surface area contributed by atoms with Crippen molar-refractivity contribution in [2.24, 2.45) is 0 Å². The number of amides is 1. The number of ether oxygens (including phenoxy) is 1. The zero-order valence-electron chi connectivity index (χ0n) is 6.81. The summed E-state index contributed by atoms with van der Waals surface area (Å²) < 4.78 is 11.7. The average molecular weight is 201 g/mol. The van der Waals surface area contributed by atoms with Crippen molar-refractivity contribution in [2.75, 3.05) is 13.7 Å². The first kappa shape index (κ1) is 9.59. The molecule has 0 radical (unpaired) electrons. The molecule has 6 nitrogen and oxygen atoms in total. The standard InChI is InChI=1S/C6H7N3O3S/c1-12-5(10)3-7-6(11)4-2-8-13-9-4/h2H,3H2,1H3,(H,7,11). The Balaban J connectivity index is 2.39. The molecule has 0 saturated carbocycles. The lowest BCUT2D eigenvalue weighted by atomic mass is 10.4. The van der Waals surface area contributed by atoms with Crippen LogP contribution in [0.1, 0.15) is 10.5 Å². The second-order valence-electron chi connectivity index (χ2n) is 2.05. The molecule has 7 heteroatoms. The molecule has 0 fully saturated rings. The monoisotopic (exact) mass is 201 g/mol. The maximum atomic E-state index is 11.1. The van der Waals surface area contributed by atoms with E-state index in [2.05, 4.69) is 18.8 Å². The zero-order valence-corrected chi connectivity index (χ0v) is 7.63. The van der Waals surface area contributed by atoms with E-state index in [1.807, 2.05) is 0 Å². The van der Waals surface area contributed by atoms with Crippen molar-refractivity contribution in [3.63, 3.8) is 0 Å². The molecule has 0 atom stereocenters. The van der Waals surface area contributed by atoms with Crippen LogP contribution in [0.2, 0.25) is 0 Å². The number of nitrogens with one attached hydrogen (secondary N) is 1. The molecule has 0 aliphatic carbocycles. The smallest absolute Gasteiger partial charge is 0.325 e. The number of nitrogens with zero attached hydrogens (tertiary/aromatic N) is 2. The summed E-state index contributed by atoms with van der Waals surface area (Å²) in [5, 5.41) is 2.33. The van der Waals surface area contributed by atoms with Crippen molar-refractivity contribution in [1.29, 1.82) is 0 Å². The first-order valence-electron chi connectivity index (χ1n) is 3.36. The van der Waals surface area contributed by atoms with Gasteiger partial charge in [0.25, 0.3) is 5.91 Å². The highest BCUT2D eigenvalue weighted by Crippen LogP contribution is 1.93. The minimum absolute atomic E-state index is 0.160. The highest BCUT2D eigenvalue weighted by Gasteiger charge is 2.09. The van der Waals surface area contributed by atoms with Gasteiger partial charge in [-0.3, -0.25) is 9.59 Å². The van der Waals surface area contributed by atoms with E-state index in [4.69, 9.17) is 0 Å². The summed E-state index contributed by atoms with van der Waals surface area (Å²) in [5.74, 6) is -0.935. The van der Waals surface area contributed by atoms with E-state index in [1.165, 1.54) is 13.3 Å². The van der Waals surface area contributed by atoms with E-state index in [-0.39, 0.29) is 12.2 Å². The van der Waals surface area contributed by atoms with Crippen molar-refractivity contribution in [2.45, 2.75) is 0 Å². The molecule has 0 unspecified atom stereocenters. The minimum Gasteiger partial charge on any atom is -0.468 e. The Morgan fingerprint density at radius 3 is 3.00 bits per heavy atom. The van der Waals surface area contributed by atoms with Crippen LogP contribution in [-0.4, -0.2) is 34.3 Å². The minimum atomic E-state index is -0.503. The lowest BCUT2D eigenvalue weighted by Gasteiger charge is -1.99. The summed E-state index contributed by atoms with van der Waals surface area (Å²) in [5.41, 5.74) is 0.203. The summed E-state index contributed by atoms with van der Waals surface area (Å²) in [6.07, 6.45) is 1.33. The van der Waals surface area contributed by atoms with E-state index in [9.17, 15) is 9.59 Å². The van der Waals surface area contributed by atoms with Gasteiger partial charge in [-0.2, -0.15) is 8.75 Å². The Labute approximate surface area is 78.2 Å². The van der Waals surface area contributed by atoms with Crippen LogP contribution in [-0.2, 0) is 9.53 Å². The van der Waals surface area contributed by atoms with Gasteiger partial charge < -0.3 is 10.1 Å². The number of esters is 1. The predicted octanol–water partition coefficient (Wildman–Crippen LogP) is -0.559. The zero-order chi connectivity index (χ0) is 9.68. The molecule has 0 aliphatic heterocycles. The van der Waals surface area contributed by atoms with E-state index in [1.54, 1.807) is 0 Å². The van der Waals surface area contributed by atoms with Gasteiger partial charge in [-0.25, -0.2) is 0 Å². The third-order valence-corrected chi connectivity index (χ3v) is 1.69. The van der Waals surface area contributed by atoms with Crippen LogP contribution in [0, 0.1) is 0 Å². The third-order valence-electron chi connectivity index (χ3n) is 1.21. The van der Waals surface area contributed by atoms with Gasteiger partial charge in [0.15, 0.2) is 5.69 Å². The Bertz CT molecular complexity index is 298. The lowest BCUT2D eigenvalue weighted by molar-refractivity contribution is -0.139. The van der Waals surface area contributed by atoms with Crippen LogP contribution in [0.4, 0.5) is 0 Å². The first-order valence-corrected chi connectivity index (χ1v) is 4.09. The van der Waals surface area contributed by atoms with Gasteiger partial charge in [-0.15, -0.1) is 0 Å². The van der Waals surface area contributed by atoms with Crippen molar-refractivity contribution < 1.29 is 14.3 Å². The molecule has 1 heterocycles. The summed E-state index contributed by atoms with van der Waals surface area (Å²) in [4.78, 5) is 21.7. The third kappa shape index (κ3) is 2.79. The summed E-state index contributed by atoms with van der Waals surface area (Å²) >= 11 is 0.931. The maximum absolute atomic E-state index is 11.1. The first-order chi connectivity index (χ1) is 6.24. The van der Waals surface area contributed by atoms with Gasteiger partial charge in [-0.05, 0) is 0 Å². The summed E-state index contributed by atoms with van der Waals surface area (Å²) in [6.45, 7) is -0.160. The van der Waals surface area contributed by atoms with Crippen LogP contribution < -0.4 is 5.32 Å². The van der Waals surface area contributed by atoms with Crippen molar-refractivity contribution >= 4 is 23.6 Å². The molecule has 0 aliphatic rings. The number of methoxy groups -OCH3 is 1. The fourth-order valence-corrected chi connectivity index (χ4v) is 0.992. The SMILES string of the molecule is COC(=O)CNC(=O)c1cnsn1. The highest BCUT2D eigenvalue weighted by atomic mass is 32.1. The quantitative estimate of drug-likeness (QED) is 0.663. The molecule has 1 rings (SSSR count). The van der Waals surface area contributed by atoms with Crippen molar-refractivity contribution in [3.8, 4) is 0 Å². The molecule has 1 aromatic heterocycles. The molecule has 1 N–H and O–H groups in total. The van der Waals surface area contributed by atoms with E-state index in [0.717, 1.165) is 11.7 Å². The fraction of sp³-hybridized carbons (Fsp3) is 0.333. The second-order valence-corrected chi connectivity index (χ2v) is 2.61. The van der Waals surface area contributed by atoms with Gasteiger partial charge in [0.05, 0.1) is 25.0 Å². The van der Waals surface area contributed by atoms with Crippen LogP contribution >= 0.6 is 11.7 Å². The topological polar surface area (TPSA) is 81.2 Å². The van der Waals surface area contributed by atoms with Gasteiger partial charge in [0, 0.05) is 0 Å². The second kappa shape index (κ2) is 4.51. The Hall–Kier alpha value is -1.50. The van der Waals surface area contributed by atoms with Crippen molar-refractivity contribution in [1.82, 2.24) is 14.1 Å². The fourth-order valence-electron chi connectivity index (χ4n) is 0.580. The van der Waals surface area contributed by atoms with Gasteiger partial charge in [0.2, 0.25) is 0 Å². The molecule has 13 heavy (non-hydrogen) atoms. The number of hydrogen-bond donors (Lipinski definition) is 1. The van der Waals surface area contributed by atoms with E-state index in [0.29, 0.717) is 0 Å². The summed E-state index contributed by atoms with van der Waals surface area (Å²) in [6, 6.07) is 0. The largest absolute Gasteiger partial charge is 0.468 e. The van der Waals surface area contributed by atoms with E-state index >= 15 is 0 Å². The Morgan fingerprint density at radius 1 is 1.69 bits per heavy atom. The van der Waals surface area contributed by atoms with Crippen LogP contribution in [0.3, 0.4) is 0 Å². The Kier molecular flexibility index (Phi) is 3.32. The molecular formula is C6H7N3O3S. The molecule has 1 amide bonds. The molecule has 0 spiro atoms. The lowest BCUT2D eigenvalue weighted by Crippen LogP contribution is -2.30. The average Bonchev–Trinajstić information content (AvgIpc) is 2.66. The molecule has 0 saturated heterocycles. The van der Waals surface area contributed by atoms with Crippen LogP contribution in [0.25, 0.3) is 0 Å².